The van der Waals surface area contributed by atoms with E-state index in [2.05, 4.69) is 15.2 Å². The van der Waals surface area contributed by atoms with Crippen LogP contribution in [0.25, 0.3) is 0 Å². The number of likely N-dealkylation sites (tertiary alicyclic amines) is 1. The quantitative estimate of drug-likeness (QED) is 0.940. The van der Waals surface area contributed by atoms with Crippen LogP contribution in [0, 0.1) is 0 Å². The van der Waals surface area contributed by atoms with Gasteiger partial charge in [-0.25, -0.2) is 0 Å². The van der Waals surface area contributed by atoms with Gasteiger partial charge in [-0.1, -0.05) is 0 Å². The molecule has 1 amide bonds. The molecule has 0 bridgehead atoms. The number of nitrogens with one attached hydrogen (secondary N) is 1. The Labute approximate surface area is 130 Å². The van der Waals surface area contributed by atoms with Gasteiger partial charge < -0.3 is 9.80 Å². The molecule has 0 saturated carbocycles. The summed E-state index contributed by atoms with van der Waals surface area (Å²) in [4.78, 5) is 20.8. The minimum Gasteiger partial charge on any atom is -0.378 e. The summed E-state index contributed by atoms with van der Waals surface area (Å²) in [5.74, 6) is 0.338. The third-order valence-corrected chi connectivity index (χ3v) is 4.15. The standard InChI is InChI=1S/C16H21N5O/c1-20(2)13-5-7-17-15(10-13)16(22)21-9-3-4-12(11-21)14-6-8-18-19-14/h5-8,10,12H,3-4,9,11H2,1-2H3,(H,18,19). The summed E-state index contributed by atoms with van der Waals surface area (Å²) in [6.45, 7) is 1.51. The SMILES string of the molecule is CN(C)c1ccnc(C(=O)N2CCCC(c3ccn[nH]3)C2)c1. The van der Waals surface area contributed by atoms with Gasteiger partial charge in [-0.05, 0) is 31.0 Å². The number of aromatic amines is 1. The molecule has 116 valence electrons. The number of hydrogen-bond acceptors (Lipinski definition) is 4. The zero-order valence-electron chi connectivity index (χ0n) is 13.0. The van der Waals surface area contributed by atoms with Crippen LogP contribution >= 0.6 is 0 Å². The maximum absolute atomic E-state index is 12.7. The maximum Gasteiger partial charge on any atom is 0.272 e. The van der Waals surface area contributed by atoms with E-state index in [0.29, 0.717) is 11.6 Å². The van der Waals surface area contributed by atoms with Gasteiger partial charge in [0.25, 0.3) is 5.91 Å². The fraction of sp³-hybridized carbons (Fsp3) is 0.438. The summed E-state index contributed by atoms with van der Waals surface area (Å²) >= 11 is 0. The van der Waals surface area contributed by atoms with Gasteiger partial charge in [-0.15, -0.1) is 0 Å². The first-order valence-electron chi connectivity index (χ1n) is 7.57. The zero-order chi connectivity index (χ0) is 15.5. The summed E-state index contributed by atoms with van der Waals surface area (Å²) in [6.07, 6.45) is 5.54. The molecule has 22 heavy (non-hydrogen) atoms. The summed E-state index contributed by atoms with van der Waals surface area (Å²) < 4.78 is 0. The number of pyridine rings is 1. The smallest absolute Gasteiger partial charge is 0.272 e. The Hall–Kier alpha value is -2.37. The summed E-state index contributed by atoms with van der Waals surface area (Å²) in [5.41, 5.74) is 2.60. The van der Waals surface area contributed by atoms with Gasteiger partial charge >= 0.3 is 0 Å². The van der Waals surface area contributed by atoms with Crippen molar-refractivity contribution in [3.8, 4) is 0 Å². The van der Waals surface area contributed by atoms with Gasteiger partial charge in [-0.3, -0.25) is 14.9 Å². The lowest BCUT2D eigenvalue weighted by atomic mass is 9.94. The predicted molar refractivity (Wildman–Crippen MR) is 85.0 cm³/mol. The van der Waals surface area contributed by atoms with Crippen LogP contribution in [0.5, 0.6) is 0 Å². The van der Waals surface area contributed by atoms with Gasteiger partial charge in [0.2, 0.25) is 0 Å². The van der Waals surface area contributed by atoms with E-state index in [1.54, 1.807) is 12.4 Å². The molecule has 0 aliphatic carbocycles. The first-order valence-corrected chi connectivity index (χ1v) is 7.57. The normalized spacial score (nSPS) is 18.3. The molecule has 0 spiro atoms. The van der Waals surface area contributed by atoms with Crippen molar-refractivity contribution >= 4 is 11.6 Å². The van der Waals surface area contributed by atoms with E-state index in [1.807, 2.05) is 42.1 Å². The molecule has 3 heterocycles. The van der Waals surface area contributed by atoms with Crippen LogP contribution in [-0.2, 0) is 0 Å². The lowest BCUT2D eigenvalue weighted by molar-refractivity contribution is 0.0700. The molecule has 1 saturated heterocycles. The third kappa shape index (κ3) is 2.95. The van der Waals surface area contributed by atoms with Crippen molar-refractivity contribution in [1.29, 1.82) is 0 Å². The molecule has 1 unspecified atom stereocenters. The highest BCUT2D eigenvalue weighted by Gasteiger charge is 2.26. The third-order valence-electron chi connectivity index (χ3n) is 4.15. The minimum atomic E-state index is 0.00733. The Kier molecular flexibility index (Phi) is 4.09. The van der Waals surface area contributed by atoms with Crippen molar-refractivity contribution in [2.45, 2.75) is 18.8 Å². The lowest BCUT2D eigenvalue weighted by Crippen LogP contribution is -2.39. The molecule has 0 radical (unpaired) electrons. The second kappa shape index (κ2) is 6.17. The van der Waals surface area contributed by atoms with E-state index in [4.69, 9.17) is 0 Å². The van der Waals surface area contributed by atoms with Crippen LogP contribution in [0.1, 0.15) is 34.9 Å². The molecule has 3 rings (SSSR count). The van der Waals surface area contributed by atoms with Crippen LogP contribution in [-0.4, -0.2) is 53.2 Å². The Morgan fingerprint density at radius 3 is 2.95 bits per heavy atom. The fourth-order valence-corrected chi connectivity index (χ4v) is 2.89. The molecule has 1 fully saturated rings. The number of aromatic nitrogens is 3. The number of nitrogens with zero attached hydrogens (tertiary/aromatic N) is 4. The van der Waals surface area contributed by atoms with Gasteiger partial charge in [0.05, 0.1) is 0 Å². The second-order valence-corrected chi connectivity index (χ2v) is 5.90. The molecular weight excluding hydrogens is 278 g/mol. The number of rotatable bonds is 3. The number of amides is 1. The Morgan fingerprint density at radius 1 is 1.36 bits per heavy atom. The van der Waals surface area contributed by atoms with Crippen molar-refractivity contribution < 1.29 is 4.79 Å². The first-order chi connectivity index (χ1) is 10.6. The van der Waals surface area contributed by atoms with Crippen molar-refractivity contribution in [1.82, 2.24) is 20.1 Å². The van der Waals surface area contributed by atoms with Crippen LogP contribution in [0.3, 0.4) is 0 Å². The largest absolute Gasteiger partial charge is 0.378 e. The average Bonchev–Trinajstić information content (AvgIpc) is 3.09. The van der Waals surface area contributed by atoms with Crippen molar-refractivity contribution in [3.05, 3.63) is 42.0 Å². The van der Waals surface area contributed by atoms with E-state index in [1.165, 1.54) is 0 Å². The van der Waals surface area contributed by atoms with Crippen LogP contribution in [0.2, 0.25) is 0 Å². The highest BCUT2D eigenvalue weighted by Crippen LogP contribution is 2.26. The van der Waals surface area contributed by atoms with Crippen LogP contribution < -0.4 is 4.90 Å². The fourth-order valence-electron chi connectivity index (χ4n) is 2.89. The second-order valence-electron chi connectivity index (χ2n) is 5.90. The van der Waals surface area contributed by atoms with Gasteiger partial charge in [-0.2, -0.15) is 5.10 Å². The zero-order valence-corrected chi connectivity index (χ0v) is 13.0. The van der Waals surface area contributed by atoms with Crippen molar-refractivity contribution in [3.63, 3.8) is 0 Å². The number of H-pyrrole nitrogens is 1. The van der Waals surface area contributed by atoms with Gasteiger partial charge in [0, 0.05) is 56.9 Å². The number of anilines is 1. The van der Waals surface area contributed by atoms with Crippen LogP contribution in [0.15, 0.2) is 30.6 Å². The summed E-state index contributed by atoms with van der Waals surface area (Å²) in [6, 6.07) is 5.74. The molecular formula is C16H21N5O. The van der Waals surface area contributed by atoms with E-state index in [-0.39, 0.29) is 5.91 Å². The maximum atomic E-state index is 12.7. The van der Waals surface area contributed by atoms with Gasteiger partial charge in [0.15, 0.2) is 0 Å². The molecule has 1 aliphatic heterocycles. The molecule has 6 heteroatoms. The Morgan fingerprint density at radius 2 is 2.23 bits per heavy atom. The first kappa shape index (κ1) is 14.6. The minimum absolute atomic E-state index is 0.00733. The van der Waals surface area contributed by atoms with Gasteiger partial charge in [0.1, 0.15) is 5.69 Å². The molecule has 2 aromatic rings. The van der Waals surface area contributed by atoms with E-state index < -0.39 is 0 Å². The van der Waals surface area contributed by atoms with Crippen LogP contribution in [0.4, 0.5) is 5.69 Å². The molecule has 1 N–H and O–H groups in total. The summed E-state index contributed by atoms with van der Waals surface area (Å²) in [5, 5.41) is 7.03. The monoisotopic (exact) mass is 299 g/mol. The summed E-state index contributed by atoms with van der Waals surface area (Å²) in [7, 11) is 3.91. The van der Waals surface area contributed by atoms with E-state index >= 15 is 0 Å². The number of piperidine rings is 1. The number of carbonyl (C=O) groups is 1. The van der Waals surface area contributed by atoms with E-state index in [0.717, 1.165) is 37.3 Å². The highest BCUT2D eigenvalue weighted by atomic mass is 16.2. The molecule has 1 aliphatic rings. The number of hydrogen-bond donors (Lipinski definition) is 1. The lowest BCUT2D eigenvalue weighted by Gasteiger charge is -2.32. The van der Waals surface area contributed by atoms with Crippen molar-refractivity contribution in [2.75, 3.05) is 32.1 Å². The van der Waals surface area contributed by atoms with E-state index in [9.17, 15) is 4.79 Å². The molecule has 0 aromatic carbocycles. The average molecular weight is 299 g/mol. The number of carbonyl (C=O) groups excluding carboxylic acids is 1. The molecule has 2 aromatic heterocycles. The predicted octanol–water partition coefficient (Wildman–Crippen LogP) is 1.89. The Balaban J connectivity index is 1.75. The highest BCUT2D eigenvalue weighted by molar-refractivity contribution is 5.93. The van der Waals surface area contributed by atoms with Crippen molar-refractivity contribution in [2.24, 2.45) is 0 Å². The topological polar surface area (TPSA) is 65.1 Å². The molecule has 6 nitrogen and oxygen atoms in total. The molecule has 1 atom stereocenters. The Bertz CT molecular complexity index is 638.